The molecule has 15 nitrogen and oxygen atoms in total. The number of esters is 1. The van der Waals surface area contributed by atoms with Crippen LogP contribution in [-0.2, 0) is 55.4 Å². The number of phenolic OH excluding ortho intramolecular Hbond substituents is 1. The zero-order valence-corrected chi connectivity index (χ0v) is 35.7. The topological polar surface area (TPSA) is 194 Å². The number of nitro benzene ring substituents is 1. The lowest BCUT2D eigenvalue weighted by molar-refractivity contribution is -0.384. The van der Waals surface area contributed by atoms with Crippen molar-refractivity contribution in [1.82, 2.24) is 24.1 Å². The molecule has 0 aliphatic heterocycles. The third-order valence-corrected chi connectivity index (χ3v) is 12.6. The molecule has 2 N–H and O–H groups in total. The average molecular weight is 871 g/mol. The van der Waals surface area contributed by atoms with Gasteiger partial charge in [0.2, 0.25) is 0 Å². The van der Waals surface area contributed by atoms with Crippen molar-refractivity contribution in [3.63, 3.8) is 0 Å². The minimum Gasteiger partial charge on any atom is -0.755 e. The number of aromatic nitrogens is 5. The third kappa shape index (κ3) is 8.10. The van der Waals surface area contributed by atoms with Gasteiger partial charge in [0.05, 0.1) is 30.0 Å². The van der Waals surface area contributed by atoms with E-state index >= 15 is 0 Å². The van der Waals surface area contributed by atoms with Crippen molar-refractivity contribution >= 4 is 73.6 Å². The van der Waals surface area contributed by atoms with Gasteiger partial charge in [-0.05, 0) is 73.2 Å². The van der Waals surface area contributed by atoms with E-state index in [1.165, 1.54) is 19.2 Å². The van der Waals surface area contributed by atoms with E-state index in [4.69, 9.17) is 16.3 Å². The quantitative estimate of drug-likeness (QED) is 0.0338. The fourth-order valence-corrected chi connectivity index (χ4v) is 9.47. The summed E-state index contributed by atoms with van der Waals surface area (Å²) < 4.78 is 37.1. The molecule has 0 aliphatic carbocycles. The van der Waals surface area contributed by atoms with Crippen molar-refractivity contribution in [3.05, 3.63) is 128 Å². The highest BCUT2D eigenvalue weighted by Crippen LogP contribution is 2.43. The first-order chi connectivity index (χ1) is 28.7. The number of halogens is 1. The molecule has 0 amide bonds. The lowest BCUT2D eigenvalue weighted by atomic mass is 9.96. The van der Waals surface area contributed by atoms with E-state index in [9.17, 15) is 33.9 Å². The number of anilines is 1. The highest BCUT2D eigenvalue weighted by Gasteiger charge is 2.30. The predicted octanol–water partition coefficient (Wildman–Crippen LogP) is 7.67. The van der Waals surface area contributed by atoms with Crippen LogP contribution < -0.4 is 4.31 Å². The molecule has 18 heteroatoms. The first-order valence-electron chi connectivity index (χ1n) is 18.8. The summed E-state index contributed by atoms with van der Waals surface area (Å²) in [6.45, 7) is 3.39. The Labute approximate surface area is 356 Å². The van der Waals surface area contributed by atoms with E-state index in [0.29, 0.717) is 68.3 Å². The van der Waals surface area contributed by atoms with Crippen molar-refractivity contribution < 1.29 is 33.4 Å². The lowest BCUT2D eigenvalue weighted by Crippen LogP contribution is -2.26. The van der Waals surface area contributed by atoms with E-state index in [2.05, 4.69) is 10.2 Å². The molecule has 3 aromatic heterocycles. The zero-order valence-electron chi connectivity index (χ0n) is 33.3. The fourth-order valence-electron chi connectivity index (χ4n) is 7.69. The zero-order chi connectivity index (χ0) is 43.0. The van der Waals surface area contributed by atoms with Gasteiger partial charge in [-0.2, -0.15) is 10.2 Å². The number of ether oxygens (including phenoxy) is 1. The van der Waals surface area contributed by atoms with Crippen molar-refractivity contribution in [1.29, 1.82) is 0 Å². The van der Waals surface area contributed by atoms with E-state index < -0.39 is 27.8 Å². The SMILES string of the molecule is COC(=O)c1c(C)c2c(-c3c(CN(c4ccc(Cc5cc(CSc6cc(O)c7ccccc7c6)n(C)n5)cc4[N+](=O)[O-])S(=O)[O-])nn(C)c3C)c(Cl)ccc2n1CCCO. The Kier molecular flexibility index (Phi) is 12.4. The number of benzene rings is 4. The van der Waals surface area contributed by atoms with Gasteiger partial charge < -0.3 is 24.1 Å². The van der Waals surface area contributed by atoms with E-state index in [0.717, 1.165) is 25.7 Å². The second-order valence-corrected chi connectivity index (χ2v) is 16.6. The Hall–Kier alpha value is -5.72. The summed E-state index contributed by atoms with van der Waals surface area (Å²) in [6, 6.07) is 21.1. The Bertz CT molecular complexity index is 2830. The number of aromatic hydroxyl groups is 1. The number of fused-ring (bicyclic) bond motifs is 2. The van der Waals surface area contributed by atoms with Gasteiger partial charge in [-0.25, -0.2) is 4.79 Å². The molecule has 0 saturated carbocycles. The number of nitro groups is 1. The summed E-state index contributed by atoms with van der Waals surface area (Å²) in [4.78, 5) is 26.0. The number of methoxy groups -OCH3 is 1. The molecule has 3 heterocycles. The summed E-state index contributed by atoms with van der Waals surface area (Å²) >= 11 is 5.50. The number of aryl methyl sites for hydroxylation is 4. The number of carbonyl (C=O) groups is 1. The Morgan fingerprint density at radius 1 is 1.03 bits per heavy atom. The van der Waals surface area contributed by atoms with Crippen LogP contribution in [0.25, 0.3) is 32.8 Å². The number of hydrogen-bond acceptors (Lipinski definition) is 11. The van der Waals surface area contributed by atoms with Gasteiger partial charge in [0.15, 0.2) is 0 Å². The van der Waals surface area contributed by atoms with Gasteiger partial charge in [-0.15, -0.1) is 11.8 Å². The van der Waals surface area contributed by atoms with Gasteiger partial charge in [0.1, 0.15) is 17.1 Å². The number of carbonyl (C=O) groups excluding carboxylic acids is 1. The van der Waals surface area contributed by atoms with E-state index in [1.54, 1.807) is 70.9 Å². The number of aliphatic hydroxyl groups excluding tert-OH is 1. The number of hydrogen-bond donors (Lipinski definition) is 2. The van der Waals surface area contributed by atoms with E-state index in [1.807, 2.05) is 43.4 Å². The van der Waals surface area contributed by atoms with Crippen molar-refractivity contribution in [2.75, 3.05) is 18.0 Å². The van der Waals surface area contributed by atoms with Crippen molar-refractivity contribution in [2.45, 2.75) is 50.4 Å². The number of aliphatic hydroxyl groups is 1. The van der Waals surface area contributed by atoms with Crippen LogP contribution in [-0.4, -0.2) is 67.7 Å². The molecule has 0 aliphatic rings. The van der Waals surface area contributed by atoms with Crippen LogP contribution in [0.5, 0.6) is 5.75 Å². The molecular formula is C42H41ClN7O8S2-. The second-order valence-electron chi connectivity index (χ2n) is 14.3. The summed E-state index contributed by atoms with van der Waals surface area (Å²) in [5, 5.41) is 44.7. The maximum Gasteiger partial charge on any atom is 0.354 e. The second kappa shape index (κ2) is 17.5. The molecule has 1 unspecified atom stereocenters. The maximum atomic E-state index is 13.1. The van der Waals surface area contributed by atoms with Gasteiger partial charge in [-0.1, -0.05) is 41.9 Å². The Morgan fingerprint density at radius 3 is 2.52 bits per heavy atom. The van der Waals surface area contributed by atoms with Crippen LogP contribution in [0.3, 0.4) is 0 Å². The Balaban J connectivity index is 1.20. The molecule has 7 aromatic rings. The summed E-state index contributed by atoms with van der Waals surface area (Å²) in [6.07, 6.45) is 0.611. The molecule has 4 aromatic carbocycles. The number of nitrogens with zero attached hydrogens (tertiary/aromatic N) is 7. The van der Waals surface area contributed by atoms with Crippen LogP contribution >= 0.6 is 23.4 Å². The Morgan fingerprint density at radius 2 is 1.80 bits per heavy atom. The normalized spacial score (nSPS) is 12.1. The number of thioether (sulfide) groups is 1. The first-order valence-corrected chi connectivity index (χ1v) is 21.2. The van der Waals surface area contributed by atoms with Crippen LogP contribution in [0.15, 0.2) is 77.7 Å². The summed E-state index contributed by atoms with van der Waals surface area (Å²) in [5.74, 6) is 0.188. The number of rotatable bonds is 15. The van der Waals surface area contributed by atoms with Crippen LogP contribution in [0, 0.1) is 24.0 Å². The molecule has 60 heavy (non-hydrogen) atoms. The van der Waals surface area contributed by atoms with E-state index in [-0.39, 0.29) is 42.4 Å². The van der Waals surface area contributed by atoms with Gasteiger partial charge >= 0.3 is 5.97 Å². The molecule has 1 atom stereocenters. The monoisotopic (exact) mass is 870 g/mol. The standard InChI is InChI=1S/C42H42ClN7O8S2/c1-24-38-35(48(15-8-16-51)41(24)42(53)58-5)14-12-32(43)40(38)39-25(2)46(3)45-33(39)22-49(60(56)57)34-13-11-26(18-36(34)50(54)55)17-28-20-29(47(4)44-28)23-59-30-19-27-9-6-7-10-31(27)37(52)21-30/h6-7,9-14,18-21,51-52H,8,15-17,22-23H2,1-5H3,(H,56,57)/p-1. The van der Waals surface area contributed by atoms with Crippen LogP contribution in [0.2, 0.25) is 5.02 Å². The molecule has 0 spiro atoms. The van der Waals surface area contributed by atoms with Crippen LogP contribution in [0.1, 0.15) is 50.8 Å². The molecule has 0 saturated heterocycles. The highest BCUT2D eigenvalue weighted by molar-refractivity contribution is 7.98. The molecule has 0 radical (unpaired) electrons. The largest absolute Gasteiger partial charge is 0.755 e. The maximum absolute atomic E-state index is 13.1. The smallest absolute Gasteiger partial charge is 0.354 e. The fraction of sp³-hybridized carbons (Fsp3) is 0.262. The molecule has 312 valence electrons. The average Bonchev–Trinajstić information content (AvgIpc) is 3.82. The van der Waals surface area contributed by atoms with Crippen molar-refractivity contribution in [2.24, 2.45) is 14.1 Å². The predicted molar refractivity (Wildman–Crippen MR) is 231 cm³/mol. The van der Waals surface area contributed by atoms with Crippen LogP contribution in [0.4, 0.5) is 11.4 Å². The summed E-state index contributed by atoms with van der Waals surface area (Å²) in [5.41, 5.74) is 4.94. The molecule has 0 fully saturated rings. The van der Waals surface area contributed by atoms with Gasteiger partial charge in [-0.3, -0.25) is 28.0 Å². The molecular weight excluding hydrogens is 830 g/mol. The van der Waals surface area contributed by atoms with Gasteiger partial charge in [0.25, 0.3) is 5.69 Å². The van der Waals surface area contributed by atoms with Gasteiger partial charge in [0, 0.05) is 105 Å². The minimum absolute atomic E-state index is 0.106. The molecule has 0 bridgehead atoms. The molecule has 7 rings (SSSR count). The lowest BCUT2D eigenvalue weighted by Gasteiger charge is -2.26. The highest BCUT2D eigenvalue weighted by atomic mass is 35.5. The van der Waals surface area contributed by atoms with Crippen molar-refractivity contribution in [3.8, 4) is 16.9 Å². The minimum atomic E-state index is -2.99. The summed E-state index contributed by atoms with van der Waals surface area (Å²) in [7, 11) is 4.80. The number of phenols is 1. The first kappa shape index (κ1) is 42.4. The third-order valence-electron chi connectivity index (χ3n) is 10.6.